The van der Waals surface area contributed by atoms with Crippen LogP contribution in [-0.4, -0.2) is 60.4 Å². The highest BCUT2D eigenvalue weighted by molar-refractivity contribution is 7.10. The first-order valence-corrected chi connectivity index (χ1v) is 11.3. The molecule has 0 saturated carbocycles. The highest BCUT2D eigenvalue weighted by Crippen LogP contribution is 2.41. The van der Waals surface area contributed by atoms with Crippen LogP contribution in [-0.2, 0) is 9.59 Å². The summed E-state index contributed by atoms with van der Waals surface area (Å²) in [6, 6.07) is 8.52. The van der Waals surface area contributed by atoms with E-state index in [1.165, 1.54) is 11.3 Å². The van der Waals surface area contributed by atoms with Crippen molar-refractivity contribution in [2.75, 3.05) is 33.8 Å². The van der Waals surface area contributed by atoms with Gasteiger partial charge in [-0.25, -0.2) is 0 Å². The molecule has 166 valence electrons. The summed E-state index contributed by atoms with van der Waals surface area (Å²) in [5.74, 6) is -0.228. The Morgan fingerprint density at radius 3 is 2.58 bits per heavy atom. The lowest BCUT2D eigenvalue weighted by Gasteiger charge is -2.25. The normalized spacial score (nSPS) is 18.4. The number of benzene rings is 1. The smallest absolute Gasteiger partial charge is 0.295 e. The molecule has 1 fully saturated rings. The maximum atomic E-state index is 13.0. The highest BCUT2D eigenvalue weighted by atomic mass is 32.1. The number of rotatable bonds is 8. The first kappa shape index (κ1) is 23.0. The average molecular weight is 443 g/mol. The van der Waals surface area contributed by atoms with Gasteiger partial charge in [0.05, 0.1) is 18.2 Å². The van der Waals surface area contributed by atoms with Crippen LogP contribution in [0, 0.1) is 12.8 Å². The second kappa shape index (κ2) is 9.66. The number of hydrogen-bond acceptors (Lipinski definition) is 6. The van der Waals surface area contributed by atoms with Gasteiger partial charge >= 0.3 is 0 Å². The molecule has 1 aliphatic heterocycles. The van der Waals surface area contributed by atoms with Gasteiger partial charge in [0.25, 0.3) is 11.7 Å². The third-order valence-electron chi connectivity index (χ3n) is 5.16. The zero-order valence-corrected chi connectivity index (χ0v) is 19.5. The van der Waals surface area contributed by atoms with Gasteiger partial charge in [0.1, 0.15) is 11.5 Å². The molecule has 1 aliphatic rings. The standard InChI is InChI=1S/C24H30N2O4S/c1-15(2)14-30-18-9-8-17(13-16(18)3)22(27)20-21(19-7-6-12-31-19)26(11-10-25(4)5)24(29)23(20)28/h6-9,12-13,15,21,27H,10-11,14H2,1-5H3/t21-/m0/s1. The molecule has 1 aromatic heterocycles. The summed E-state index contributed by atoms with van der Waals surface area (Å²) in [4.78, 5) is 30.2. The first-order chi connectivity index (χ1) is 14.7. The molecule has 1 N–H and O–H groups in total. The number of nitrogens with zero attached hydrogens (tertiary/aromatic N) is 2. The molecule has 3 rings (SSSR count). The van der Waals surface area contributed by atoms with Gasteiger partial charge < -0.3 is 19.6 Å². The van der Waals surface area contributed by atoms with Crippen LogP contribution in [0.3, 0.4) is 0 Å². The van der Waals surface area contributed by atoms with Gasteiger partial charge in [0, 0.05) is 23.5 Å². The summed E-state index contributed by atoms with van der Waals surface area (Å²) in [6.07, 6.45) is 0. The van der Waals surface area contributed by atoms with Crippen LogP contribution in [0.25, 0.3) is 5.76 Å². The number of thiophene rings is 1. The maximum Gasteiger partial charge on any atom is 0.295 e. The van der Waals surface area contributed by atoms with E-state index in [0.29, 0.717) is 31.2 Å². The van der Waals surface area contributed by atoms with Crippen LogP contribution in [0.15, 0.2) is 41.3 Å². The lowest BCUT2D eigenvalue weighted by molar-refractivity contribution is -0.140. The zero-order valence-electron chi connectivity index (χ0n) is 18.7. The van der Waals surface area contributed by atoms with Crippen LogP contribution in [0.4, 0.5) is 0 Å². The number of likely N-dealkylation sites (N-methyl/N-ethyl adjacent to an activating group) is 1. The van der Waals surface area contributed by atoms with Gasteiger partial charge in [-0.05, 0) is 62.1 Å². The Morgan fingerprint density at radius 2 is 2.00 bits per heavy atom. The first-order valence-electron chi connectivity index (χ1n) is 10.4. The maximum absolute atomic E-state index is 13.0. The molecular weight excluding hydrogens is 412 g/mol. The van der Waals surface area contributed by atoms with Crippen LogP contribution < -0.4 is 4.74 Å². The van der Waals surface area contributed by atoms with Crippen LogP contribution in [0.5, 0.6) is 5.75 Å². The van der Waals surface area contributed by atoms with E-state index in [4.69, 9.17) is 4.74 Å². The van der Waals surface area contributed by atoms with E-state index in [1.807, 2.05) is 43.4 Å². The third kappa shape index (κ3) is 4.99. The second-order valence-electron chi connectivity index (χ2n) is 8.50. The molecule has 31 heavy (non-hydrogen) atoms. The number of aliphatic hydroxyl groups excluding tert-OH is 1. The molecule has 0 aliphatic carbocycles. The van der Waals surface area contributed by atoms with Crippen LogP contribution in [0.2, 0.25) is 0 Å². The number of ether oxygens (including phenoxy) is 1. The predicted molar refractivity (Wildman–Crippen MR) is 123 cm³/mol. The van der Waals surface area contributed by atoms with Gasteiger partial charge in [0.2, 0.25) is 0 Å². The van der Waals surface area contributed by atoms with Crippen molar-refractivity contribution < 1.29 is 19.4 Å². The van der Waals surface area contributed by atoms with E-state index in [1.54, 1.807) is 23.1 Å². The third-order valence-corrected chi connectivity index (χ3v) is 6.09. The number of Topliss-reactive ketones (excluding diaryl/α,β-unsaturated/α-hetero) is 1. The molecule has 6 nitrogen and oxygen atoms in total. The Bertz CT molecular complexity index is 979. The van der Waals surface area contributed by atoms with E-state index in [9.17, 15) is 14.7 Å². The van der Waals surface area contributed by atoms with E-state index in [-0.39, 0.29) is 11.3 Å². The Hall–Kier alpha value is -2.64. The summed E-state index contributed by atoms with van der Waals surface area (Å²) >= 11 is 1.47. The van der Waals surface area contributed by atoms with Gasteiger partial charge in [-0.15, -0.1) is 11.3 Å². The Labute approximate surface area is 187 Å². The molecule has 0 bridgehead atoms. The number of carbonyl (C=O) groups excluding carboxylic acids is 2. The van der Waals surface area contributed by atoms with Crippen molar-refractivity contribution in [3.8, 4) is 5.75 Å². The van der Waals surface area contributed by atoms with E-state index in [0.717, 1.165) is 16.2 Å². The summed E-state index contributed by atoms with van der Waals surface area (Å²) in [7, 11) is 3.84. The molecule has 1 atom stereocenters. The Morgan fingerprint density at radius 1 is 1.26 bits per heavy atom. The minimum Gasteiger partial charge on any atom is -0.507 e. The molecule has 1 aromatic carbocycles. The van der Waals surface area contributed by atoms with E-state index >= 15 is 0 Å². The summed E-state index contributed by atoms with van der Waals surface area (Å²) < 4.78 is 5.82. The summed E-state index contributed by atoms with van der Waals surface area (Å²) in [5.41, 5.74) is 1.50. The minimum atomic E-state index is -0.646. The van der Waals surface area contributed by atoms with Crippen molar-refractivity contribution in [1.29, 1.82) is 0 Å². The van der Waals surface area contributed by atoms with Crippen molar-refractivity contribution >= 4 is 28.8 Å². The second-order valence-corrected chi connectivity index (χ2v) is 9.48. The van der Waals surface area contributed by atoms with Gasteiger partial charge in [-0.1, -0.05) is 19.9 Å². The van der Waals surface area contributed by atoms with Crippen molar-refractivity contribution in [3.05, 3.63) is 57.3 Å². The quantitative estimate of drug-likeness (QED) is 0.379. The van der Waals surface area contributed by atoms with E-state index < -0.39 is 17.7 Å². The van der Waals surface area contributed by atoms with Gasteiger partial charge in [-0.3, -0.25) is 9.59 Å². The molecular formula is C24H30N2O4S. The van der Waals surface area contributed by atoms with Crippen molar-refractivity contribution in [3.63, 3.8) is 0 Å². The minimum absolute atomic E-state index is 0.140. The topological polar surface area (TPSA) is 70.1 Å². The average Bonchev–Trinajstić information content (AvgIpc) is 3.32. The van der Waals surface area contributed by atoms with Gasteiger partial charge in [-0.2, -0.15) is 0 Å². The molecule has 0 unspecified atom stereocenters. The van der Waals surface area contributed by atoms with Crippen molar-refractivity contribution in [1.82, 2.24) is 9.80 Å². The lowest BCUT2D eigenvalue weighted by atomic mass is 9.98. The largest absolute Gasteiger partial charge is 0.507 e. The molecule has 1 saturated heterocycles. The number of hydrogen-bond donors (Lipinski definition) is 1. The molecule has 0 spiro atoms. The van der Waals surface area contributed by atoms with Gasteiger partial charge in [0.15, 0.2) is 0 Å². The summed E-state index contributed by atoms with van der Waals surface area (Å²) in [6.45, 7) is 7.68. The predicted octanol–water partition coefficient (Wildman–Crippen LogP) is 4.07. The number of carbonyl (C=O) groups is 2. The number of amides is 1. The molecule has 7 heteroatoms. The zero-order chi connectivity index (χ0) is 22.7. The van der Waals surface area contributed by atoms with Crippen LogP contribution >= 0.6 is 11.3 Å². The van der Waals surface area contributed by atoms with E-state index in [2.05, 4.69) is 13.8 Å². The Balaban J connectivity index is 2.02. The SMILES string of the molecule is Cc1cc(C(O)=C2C(=O)C(=O)N(CCN(C)C)[C@H]2c2cccs2)ccc1OCC(C)C. The fourth-order valence-corrected chi connectivity index (χ4v) is 4.38. The van der Waals surface area contributed by atoms with Crippen LogP contribution in [0.1, 0.15) is 35.9 Å². The lowest BCUT2D eigenvalue weighted by Crippen LogP contribution is -2.35. The fraction of sp³-hybridized carbons (Fsp3) is 0.417. The fourth-order valence-electron chi connectivity index (χ4n) is 3.53. The number of aliphatic hydroxyl groups is 1. The number of ketones is 1. The highest BCUT2D eigenvalue weighted by Gasteiger charge is 2.46. The summed E-state index contributed by atoms with van der Waals surface area (Å²) in [5, 5.41) is 13.0. The Kier molecular flexibility index (Phi) is 7.18. The van der Waals surface area contributed by atoms with Crippen molar-refractivity contribution in [2.24, 2.45) is 5.92 Å². The molecule has 0 radical (unpaired) electrons. The number of aryl methyl sites for hydroxylation is 1. The molecule has 2 heterocycles. The molecule has 2 aromatic rings. The number of likely N-dealkylation sites (tertiary alicyclic amines) is 1. The molecule has 1 amide bonds. The van der Waals surface area contributed by atoms with Crippen molar-refractivity contribution in [2.45, 2.75) is 26.8 Å². The monoisotopic (exact) mass is 442 g/mol.